The summed E-state index contributed by atoms with van der Waals surface area (Å²) in [5.41, 5.74) is -0.396. The molecule has 0 saturated carbocycles. The minimum atomic E-state index is -0.933. The molecular weight excluding hydrogens is 303 g/mol. The number of nitrogens with zero attached hydrogens (tertiary/aromatic N) is 1. The molecular formula is C13H8ClFN2O4. The van der Waals surface area contributed by atoms with Crippen LogP contribution in [0.3, 0.4) is 0 Å². The number of aromatic hydroxyl groups is 1. The number of hydrogen-bond acceptors (Lipinski definition) is 4. The number of rotatable bonds is 3. The van der Waals surface area contributed by atoms with E-state index in [1.807, 2.05) is 0 Å². The van der Waals surface area contributed by atoms with Crippen LogP contribution in [0.1, 0.15) is 10.4 Å². The molecule has 0 heterocycles. The molecule has 2 aromatic rings. The lowest BCUT2D eigenvalue weighted by Crippen LogP contribution is -2.12. The largest absolute Gasteiger partial charge is 0.504 e. The van der Waals surface area contributed by atoms with Crippen LogP contribution in [0.4, 0.5) is 15.8 Å². The van der Waals surface area contributed by atoms with Gasteiger partial charge in [-0.05, 0) is 18.2 Å². The Balaban J connectivity index is 2.28. The molecule has 1 amide bonds. The first-order valence-corrected chi connectivity index (χ1v) is 6.00. The first-order chi connectivity index (χ1) is 9.90. The van der Waals surface area contributed by atoms with E-state index in [1.165, 1.54) is 18.2 Å². The van der Waals surface area contributed by atoms with Crippen molar-refractivity contribution in [2.24, 2.45) is 0 Å². The van der Waals surface area contributed by atoms with Crippen LogP contribution in [0.2, 0.25) is 5.02 Å². The lowest BCUT2D eigenvalue weighted by molar-refractivity contribution is -0.384. The van der Waals surface area contributed by atoms with Crippen molar-refractivity contribution in [3.05, 3.63) is 62.9 Å². The fourth-order valence-electron chi connectivity index (χ4n) is 1.61. The van der Waals surface area contributed by atoms with Crippen LogP contribution in [-0.2, 0) is 0 Å². The normalized spacial score (nSPS) is 10.2. The zero-order chi connectivity index (χ0) is 15.6. The van der Waals surface area contributed by atoms with Crippen molar-refractivity contribution in [1.29, 1.82) is 0 Å². The molecule has 8 heteroatoms. The van der Waals surface area contributed by atoms with Gasteiger partial charge < -0.3 is 10.4 Å². The van der Waals surface area contributed by atoms with Gasteiger partial charge in [0.1, 0.15) is 0 Å². The van der Waals surface area contributed by atoms with Gasteiger partial charge in [-0.1, -0.05) is 17.7 Å². The average molecular weight is 311 g/mol. The number of nitro groups is 1. The number of amides is 1. The quantitative estimate of drug-likeness (QED) is 0.671. The van der Waals surface area contributed by atoms with Crippen LogP contribution in [0, 0.1) is 15.9 Å². The highest BCUT2D eigenvalue weighted by Gasteiger charge is 2.16. The predicted molar refractivity (Wildman–Crippen MR) is 74.1 cm³/mol. The molecule has 108 valence electrons. The first kappa shape index (κ1) is 14.7. The Morgan fingerprint density at radius 3 is 2.67 bits per heavy atom. The van der Waals surface area contributed by atoms with Crippen LogP contribution < -0.4 is 5.32 Å². The molecule has 0 bridgehead atoms. The Morgan fingerprint density at radius 2 is 2.05 bits per heavy atom. The van der Waals surface area contributed by atoms with Gasteiger partial charge in [-0.25, -0.2) is 4.39 Å². The molecule has 0 aliphatic carbocycles. The Hall–Kier alpha value is -2.67. The number of anilines is 1. The Morgan fingerprint density at radius 1 is 1.33 bits per heavy atom. The van der Waals surface area contributed by atoms with Crippen LogP contribution >= 0.6 is 11.6 Å². The number of nitro benzene ring substituents is 1. The molecule has 0 aliphatic heterocycles. The summed E-state index contributed by atoms with van der Waals surface area (Å²) < 4.78 is 13.2. The van der Waals surface area contributed by atoms with E-state index in [-0.39, 0.29) is 22.0 Å². The van der Waals surface area contributed by atoms with Crippen molar-refractivity contribution in [1.82, 2.24) is 0 Å². The second-order valence-electron chi connectivity index (χ2n) is 4.01. The van der Waals surface area contributed by atoms with E-state index in [9.17, 15) is 24.4 Å². The molecule has 2 rings (SSSR count). The summed E-state index contributed by atoms with van der Waals surface area (Å²) in [6.45, 7) is 0. The summed E-state index contributed by atoms with van der Waals surface area (Å²) in [4.78, 5) is 21.9. The molecule has 6 nitrogen and oxygen atoms in total. The third-order valence-corrected chi connectivity index (χ3v) is 2.96. The van der Waals surface area contributed by atoms with Crippen molar-refractivity contribution < 1.29 is 19.2 Å². The van der Waals surface area contributed by atoms with Crippen LogP contribution in [0.15, 0.2) is 36.4 Å². The molecule has 0 spiro atoms. The summed E-state index contributed by atoms with van der Waals surface area (Å²) in [7, 11) is 0. The van der Waals surface area contributed by atoms with E-state index in [0.29, 0.717) is 0 Å². The monoisotopic (exact) mass is 310 g/mol. The van der Waals surface area contributed by atoms with Gasteiger partial charge >= 0.3 is 0 Å². The molecule has 0 atom stereocenters. The van der Waals surface area contributed by atoms with Crippen molar-refractivity contribution in [3.63, 3.8) is 0 Å². The number of para-hydroxylation sites is 1. The van der Waals surface area contributed by atoms with Gasteiger partial charge in [-0.2, -0.15) is 0 Å². The number of nitrogens with one attached hydrogen (secondary N) is 1. The first-order valence-electron chi connectivity index (χ1n) is 5.63. The molecule has 21 heavy (non-hydrogen) atoms. The highest BCUT2D eigenvalue weighted by Crippen LogP contribution is 2.28. The minimum Gasteiger partial charge on any atom is -0.504 e. The van der Waals surface area contributed by atoms with Gasteiger partial charge in [-0.15, -0.1) is 0 Å². The van der Waals surface area contributed by atoms with E-state index in [4.69, 9.17) is 11.6 Å². The summed E-state index contributed by atoms with van der Waals surface area (Å²) in [6, 6.07) is 6.98. The number of phenols is 1. The number of carbonyl (C=O) groups is 1. The third kappa shape index (κ3) is 3.09. The van der Waals surface area contributed by atoms with E-state index < -0.39 is 22.4 Å². The Bertz CT molecular complexity index is 736. The third-order valence-electron chi connectivity index (χ3n) is 2.64. The van der Waals surface area contributed by atoms with E-state index in [0.717, 1.165) is 18.2 Å². The standard InChI is InChI=1S/C13H8ClFN2O4/c14-9-6-7(17(20)21)4-5-11(9)16-13(19)8-2-1-3-10(15)12(8)18/h1-6,18H,(H,16,19). The van der Waals surface area contributed by atoms with Crippen molar-refractivity contribution in [2.75, 3.05) is 5.32 Å². The highest BCUT2D eigenvalue weighted by molar-refractivity contribution is 6.34. The van der Waals surface area contributed by atoms with Crippen LogP contribution in [0.25, 0.3) is 0 Å². The Kier molecular flexibility index (Phi) is 4.04. The smallest absolute Gasteiger partial charge is 0.271 e. The second kappa shape index (κ2) is 5.76. The molecule has 0 radical (unpaired) electrons. The van der Waals surface area contributed by atoms with Crippen LogP contribution in [-0.4, -0.2) is 15.9 Å². The fourth-order valence-corrected chi connectivity index (χ4v) is 1.83. The number of carbonyl (C=O) groups excluding carboxylic acids is 1. The molecule has 0 saturated heterocycles. The maximum Gasteiger partial charge on any atom is 0.271 e. The van der Waals surface area contributed by atoms with Gasteiger partial charge in [0.15, 0.2) is 11.6 Å². The Labute approximate surface area is 122 Å². The number of benzene rings is 2. The van der Waals surface area contributed by atoms with Crippen molar-refractivity contribution in [3.8, 4) is 5.75 Å². The minimum absolute atomic E-state index is 0.0477. The summed E-state index contributed by atoms with van der Waals surface area (Å²) in [6.07, 6.45) is 0. The molecule has 2 aromatic carbocycles. The molecule has 0 fully saturated rings. The van der Waals surface area contributed by atoms with E-state index >= 15 is 0 Å². The molecule has 0 aliphatic rings. The molecule has 0 aromatic heterocycles. The SMILES string of the molecule is O=C(Nc1ccc([N+](=O)[O-])cc1Cl)c1cccc(F)c1O. The lowest BCUT2D eigenvalue weighted by Gasteiger charge is -2.08. The zero-order valence-electron chi connectivity index (χ0n) is 10.3. The maximum atomic E-state index is 13.2. The van der Waals surface area contributed by atoms with Gasteiger partial charge in [0.25, 0.3) is 11.6 Å². The topological polar surface area (TPSA) is 92.5 Å². The molecule has 0 unspecified atom stereocenters. The number of phenolic OH excluding ortho intramolecular Hbond substituents is 1. The number of hydrogen-bond donors (Lipinski definition) is 2. The fraction of sp³-hybridized carbons (Fsp3) is 0. The predicted octanol–water partition coefficient (Wildman–Crippen LogP) is 3.35. The zero-order valence-corrected chi connectivity index (χ0v) is 11.1. The summed E-state index contributed by atoms with van der Waals surface area (Å²) >= 11 is 5.82. The van der Waals surface area contributed by atoms with Gasteiger partial charge in [0, 0.05) is 12.1 Å². The lowest BCUT2D eigenvalue weighted by atomic mass is 10.1. The highest BCUT2D eigenvalue weighted by atomic mass is 35.5. The van der Waals surface area contributed by atoms with Gasteiger partial charge in [-0.3, -0.25) is 14.9 Å². The number of non-ortho nitro benzene ring substituents is 1. The van der Waals surface area contributed by atoms with Gasteiger partial charge in [0.05, 0.1) is 21.2 Å². The summed E-state index contributed by atoms with van der Waals surface area (Å²) in [5, 5.41) is 22.3. The van der Waals surface area contributed by atoms with Crippen LogP contribution in [0.5, 0.6) is 5.75 Å². The molecule has 2 N–H and O–H groups in total. The summed E-state index contributed by atoms with van der Waals surface area (Å²) in [5.74, 6) is -2.51. The average Bonchev–Trinajstić information content (AvgIpc) is 2.43. The van der Waals surface area contributed by atoms with Crippen molar-refractivity contribution >= 4 is 28.9 Å². The maximum absolute atomic E-state index is 13.2. The van der Waals surface area contributed by atoms with Gasteiger partial charge in [0.2, 0.25) is 0 Å². The second-order valence-corrected chi connectivity index (χ2v) is 4.42. The van der Waals surface area contributed by atoms with E-state index in [1.54, 1.807) is 0 Å². The number of halogens is 2. The van der Waals surface area contributed by atoms with E-state index in [2.05, 4.69) is 5.32 Å². The van der Waals surface area contributed by atoms with Crippen molar-refractivity contribution in [2.45, 2.75) is 0 Å².